The van der Waals surface area contributed by atoms with Crippen LogP contribution < -0.4 is 9.47 Å². The SMILES string of the molecule is COc1cc(C(=O)OC2CCOC2=O)ccc1OCc1ccccc1. The van der Waals surface area contributed by atoms with Crippen molar-refractivity contribution in [1.82, 2.24) is 0 Å². The predicted octanol–water partition coefficient (Wildman–Crippen LogP) is 2.75. The fourth-order valence-electron chi connectivity index (χ4n) is 2.43. The molecule has 1 aliphatic heterocycles. The van der Waals surface area contributed by atoms with Gasteiger partial charge in [-0.05, 0) is 23.8 Å². The maximum atomic E-state index is 12.2. The lowest BCUT2D eigenvalue weighted by atomic mass is 10.2. The molecule has 1 fully saturated rings. The highest BCUT2D eigenvalue weighted by atomic mass is 16.6. The summed E-state index contributed by atoms with van der Waals surface area (Å²) in [6.07, 6.45) is -0.465. The quantitative estimate of drug-likeness (QED) is 0.752. The lowest BCUT2D eigenvalue weighted by Gasteiger charge is -2.13. The van der Waals surface area contributed by atoms with Crippen molar-refractivity contribution in [2.75, 3.05) is 13.7 Å². The smallest absolute Gasteiger partial charge is 0.347 e. The molecule has 0 bridgehead atoms. The molecule has 1 heterocycles. The van der Waals surface area contributed by atoms with Crippen molar-refractivity contribution in [3.8, 4) is 11.5 Å². The zero-order chi connectivity index (χ0) is 17.6. The number of ether oxygens (including phenoxy) is 4. The van der Waals surface area contributed by atoms with Crippen LogP contribution in [0.2, 0.25) is 0 Å². The maximum absolute atomic E-state index is 12.2. The summed E-state index contributed by atoms with van der Waals surface area (Å²) in [5.74, 6) is -0.178. The lowest BCUT2D eigenvalue weighted by molar-refractivity contribution is -0.145. The second-order valence-corrected chi connectivity index (χ2v) is 5.49. The third kappa shape index (κ3) is 4.09. The summed E-state index contributed by atoms with van der Waals surface area (Å²) in [6, 6.07) is 14.5. The molecule has 2 aromatic rings. The summed E-state index contributed by atoms with van der Waals surface area (Å²) < 4.78 is 21.0. The van der Waals surface area contributed by atoms with Gasteiger partial charge in [0.1, 0.15) is 6.61 Å². The first kappa shape index (κ1) is 16.8. The van der Waals surface area contributed by atoms with Gasteiger partial charge >= 0.3 is 11.9 Å². The van der Waals surface area contributed by atoms with E-state index in [0.29, 0.717) is 24.5 Å². The summed E-state index contributed by atoms with van der Waals surface area (Å²) in [7, 11) is 1.49. The molecule has 0 saturated carbocycles. The Balaban J connectivity index is 1.68. The minimum Gasteiger partial charge on any atom is -0.493 e. The van der Waals surface area contributed by atoms with Crippen molar-refractivity contribution in [2.45, 2.75) is 19.1 Å². The molecule has 0 aliphatic carbocycles. The molecule has 6 heteroatoms. The van der Waals surface area contributed by atoms with Gasteiger partial charge in [-0.25, -0.2) is 9.59 Å². The Labute approximate surface area is 145 Å². The third-order valence-electron chi connectivity index (χ3n) is 3.77. The Bertz CT molecular complexity index is 756. The van der Waals surface area contributed by atoms with E-state index in [9.17, 15) is 9.59 Å². The van der Waals surface area contributed by atoms with Gasteiger partial charge < -0.3 is 18.9 Å². The van der Waals surface area contributed by atoms with Gasteiger partial charge in [0.05, 0.1) is 19.3 Å². The van der Waals surface area contributed by atoms with Crippen LogP contribution in [0.1, 0.15) is 22.3 Å². The van der Waals surface area contributed by atoms with E-state index in [1.165, 1.54) is 13.2 Å². The molecule has 0 N–H and O–H groups in total. The van der Waals surface area contributed by atoms with Gasteiger partial charge in [0.25, 0.3) is 0 Å². The number of hydrogen-bond acceptors (Lipinski definition) is 6. The van der Waals surface area contributed by atoms with E-state index in [1.807, 2.05) is 30.3 Å². The van der Waals surface area contributed by atoms with Crippen LogP contribution in [0.3, 0.4) is 0 Å². The van der Waals surface area contributed by atoms with Gasteiger partial charge in [0, 0.05) is 6.42 Å². The first-order chi connectivity index (χ1) is 12.2. The van der Waals surface area contributed by atoms with E-state index in [4.69, 9.17) is 18.9 Å². The van der Waals surface area contributed by atoms with Crippen molar-refractivity contribution in [1.29, 1.82) is 0 Å². The van der Waals surface area contributed by atoms with Crippen molar-refractivity contribution in [3.05, 3.63) is 59.7 Å². The van der Waals surface area contributed by atoms with Crippen molar-refractivity contribution < 1.29 is 28.5 Å². The van der Waals surface area contributed by atoms with E-state index in [1.54, 1.807) is 12.1 Å². The molecule has 1 saturated heterocycles. The molecule has 1 aliphatic rings. The monoisotopic (exact) mass is 342 g/mol. The minimum atomic E-state index is -0.840. The van der Waals surface area contributed by atoms with Gasteiger partial charge in [0.2, 0.25) is 6.10 Å². The average Bonchev–Trinajstić information content (AvgIpc) is 3.05. The summed E-state index contributed by atoms with van der Waals surface area (Å²) in [6.45, 7) is 0.654. The first-order valence-corrected chi connectivity index (χ1v) is 7.90. The zero-order valence-electron chi connectivity index (χ0n) is 13.8. The van der Waals surface area contributed by atoms with E-state index >= 15 is 0 Å². The molecule has 0 spiro atoms. The second kappa shape index (κ2) is 7.70. The van der Waals surface area contributed by atoms with E-state index < -0.39 is 18.0 Å². The van der Waals surface area contributed by atoms with Crippen LogP contribution in [0.5, 0.6) is 11.5 Å². The van der Waals surface area contributed by atoms with E-state index in [-0.39, 0.29) is 12.2 Å². The highest BCUT2D eigenvalue weighted by Crippen LogP contribution is 2.29. The molecule has 25 heavy (non-hydrogen) atoms. The van der Waals surface area contributed by atoms with Crippen LogP contribution in [0.25, 0.3) is 0 Å². The number of carbonyl (C=O) groups is 2. The number of esters is 2. The standard InChI is InChI=1S/C19H18O6/c1-22-17-11-14(18(20)25-16-9-10-23-19(16)21)7-8-15(17)24-12-13-5-3-2-4-6-13/h2-8,11,16H,9-10,12H2,1H3. The van der Waals surface area contributed by atoms with Crippen LogP contribution in [-0.2, 0) is 20.9 Å². The van der Waals surface area contributed by atoms with E-state index in [0.717, 1.165) is 5.56 Å². The van der Waals surface area contributed by atoms with Gasteiger partial charge in [-0.3, -0.25) is 0 Å². The number of rotatable bonds is 6. The molecular formula is C19H18O6. The number of carbonyl (C=O) groups excluding carboxylic acids is 2. The normalized spacial score (nSPS) is 16.2. The summed E-state index contributed by atoms with van der Waals surface area (Å²) in [5.41, 5.74) is 1.30. The summed E-state index contributed by atoms with van der Waals surface area (Å²) in [5, 5.41) is 0. The molecule has 6 nitrogen and oxygen atoms in total. The second-order valence-electron chi connectivity index (χ2n) is 5.49. The molecule has 1 atom stereocenters. The largest absolute Gasteiger partial charge is 0.493 e. The van der Waals surface area contributed by atoms with Gasteiger partial charge in [-0.2, -0.15) is 0 Å². The third-order valence-corrected chi connectivity index (χ3v) is 3.77. The van der Waals surface area contributed by atoms with Crippen molar-refractivity contribution >= 4 is 11.9 Å². The average molecular weight is 342 g/mol. The predicted molar refractivity (Wildman–Crippen MR) is 88.5 cm³/mol. The Kier molecular flexibility index (Phi) is 5.18. The highest BCUT2D eigenvalue weighted by Gasteiger charge is 2.30. The van der Waals surface area contributed by atoms with Crippen molar-refractivity contribution in [3.63, 3.8) is 0 Å². The molecule has 0 radical (unpaired) electrons. The first-order valence-electron chi connectivity index (χ1n) is 7.90. The number of cyclic esters (lactones) is 1. The molecular weight excluding hydrogens is 324 g/mol. The Morgan fingerprint density at radius 3 is 2.64 bits per heavy atom. The zero-order valence-corrected chi connectivity index (χ0v) is 13.8. The summed E-state index contributed by atoms with van der Waals surface area (Å²) >= 11 is 0. The fourth-order valence-corrected chi connectivity index (χ4v) is 2.43. The van der Waals surface area contributed by atoms with Crippen LogP contribution in [0.15, 0.2) is 48.5 Å². The van der Waals surface area contributed by atoms with Crippen LogP contribution in [0.4, 0.5) is 0 Å². The Hall–Kier alpha value is -3.02. The summed E-state index contributed by atoms with van der Waals surface area (Å²) in [4.78, 5) is 23.6. The maximum Gasteiger partial charge on any atom is 0.347 e. The topological polar surface area (TPSA) is 71.1 Å². The van der Waals surface area contributed by atoms with Crippen LogP contribution in [0, 0.1) is 0 Å². The highest BCUT2D eigenvalue weighted by molar-refractivity contribution is 5.92. The van der Waals surface area contributed by atoms with E-state index in [2.05, 4.69) is 0 Å². The number of benzene rings is 2. The minimum absolute atomic E-state index is 0.270. The van der Waals surface area contributed by atoms with Crippen LogP contribution in [-0.4, -0.2) is 31.8 Å². The molecule has 0 aromatic heterocycles. The van der Waals surface area contributed by atoms with Gasteiger partial charge in [0.15, 0.2) is 11.5 Å². The Morgan fingerprint density at radius 2 is 1.96 bits per heavy atom. The molecule has 2 aromatic carbocycles. The van der Waals surface area contributed by atoms with Gasteiger partial charge in [-0.15, -0.1) is 0 Å². The molecule has 3 rings (SSSR count). The number of methoxy groups -OCH3 is 1. The molecule has 130 valence electrons. The Morgan fingerprint density at radius 1 is 1.16 bits per heavy atom. The van der Waals surface area contributed by atoms with Gasteiger partial charge in [-0.1, -0.05) is 30.3 Å². The van der Waals surface area contributed by atoms with Crippen molar-refractivity contribution in [2.24, 2.45) is 0 Å². The fraction of sp³-hybridized carbons (Fsp3) is 0.263. The number of hydrogen-bond donors (Lipinski definition) is 0. The lowest BCUT2D eigenvalue weighted by Crippen LogP contribution is -2.22. The molecule has 1 unspecified atom stereocenters. The van der Waals surface area contributed by atoms with Crippen LogP contribution >= 0.6 is 0 Å². The molecule has 0 amide bonds.